The zero-order valence-corrected chi connectivity index (χ0v) is 11.4. The molecule has 1 aromatic heterocycles. The Hall–Kier alpha value is -2.14. The van der Waals surface area contributed by atoms with Crippen molar-refractivity contribution in [2.75, 3.05) is 0 Å². The van der Waals surface area contributed by atoms with Gasteiger partial charge in [0.1, 0.15) is 5.76 Å². The van der Waals surface area contributed by atoms with Crippen LogP contribution in [0.15, 0.2) is 34.9 Å². The summed E-state index contributed by atoms with van der Waals surface area (Å²) in [5.74, 6) is 0.645. The van der Waals surface area contributed by atoms with E-state index in [2.05, 4.69) is 17.2 Å². The van der Waals surface area contributed by atoms with Gasteiger partial charge in [0, 0.05) is 13.0 Å². The van der Waals surface area contributed by atoms with E-state index in [1.807, 2.05) is 6.07 Å². The summed E-state index contributed by atoms with van der Waals surface area (Å²) >= 11 is 0. The molecule has 0 saturated heterocycles. The lowest BCUT2D eigenvalue weighted by Crippen LogP contribution is -2.12. The van der Waals surface area contributed by atoms with Gasteiger partial charge in [-0.05, 0) is 24.1 Å². The summed E-state index contributed by atoms with van der Waals surface area (Å²) in [7, 11) is 0. The van der Waals surface area contributed by atoms with E-state index in [9.17, 15) is 4.79 Å². The van der Waals surface area contributed by atoms with Gasteiger partial charge in [0.2, 0.25) is 0 Å². The van der Waals surface area contributed by atoms with E-state index < -0.39 is 5.97 Å². The van der Waals surface area contributed by atoms with Gasteiger partial charge in [-0.25, -0.2) is 9.78 Å². The van der Waals surface area contributed by atoms with E-state index in [1.54, 1.807) is 24.4 Å². The first-order valence-electron chi connectivity index (χ1n) is 6.65. The Bertz CT molecular complexity index is 578. The number of hydrogen-bond acceptors (Lipinski definition) is 4. The third-order valence-corrected chi connectivity index (χ3v) is 2.87. The van der Waals surface area contributed by atoms with Crippen molar-refractivity contribution in [2.45, 2.75) is 32.9 Å². The van der Waals surface area contributed by atoms with Crippen molar-refractivity contribution < 1.29 is 14.3 Å². The number of rotatable bonds is 7. The van der Waals surface area contributed by atoms with E-state index in [1.165, 1.54) is 0 Å². The fourth-order valence-corrected chi connectivity index (χ4v) is 1.90. The number of aryl methyl sites for hydroxylation is 1. The van der Waals surface area contributed by atoms with Gasteiger partial charge in [-0.2, -0.15) is 0 Å². The number of carboxylic acid groups (broad SMARTS) is 1. The summed E-state index contributed by atoms with van der Waals surface area (Å²) < 4.78 is 5.56. The van der Waals surface area contributed by atoms with Gasteiger partial charge in [0.25, 0.3) is 0 Å². The first-order chi connectivity index (χ1) is 9.69. The van der Waals surface area contributed by atoms with E-state index in [0.717, 1.165) is 30.1 Å². The molecule has 0 bridgehead atoms. The molecule has 0 aliphatic carbocycles. The summed E-state index contributed by atoms with van der Waals surface area (Å²) in [5.41, 5.74) is 1.23. The SMILES string of the molecule is CCCc1ncc(CNCc2cccc(C(=O)O)c2)o1. The van der Waals surface area contributed by atoms with Crippen molar-refractivity contribution in [1.29, 1.82) is 0 Å². The van der Waals surface area contributed by atoms with Crippen molar-refractivity contribution >= 4 is 5.97 Å². The number of hydrogen-bond donors (Lipinski definition) is 2. The molecule has 1 aromatic carbocycles. The fourth-order valence-electron chi connectivity index (χ4n) is 1.90. The summed E-state index contributed by atoms with van der Waals surface area (Å²) in [6.45, 7) is 3.25. The van der Waals surface area contributed by atoms with Gasteiger partial charge in [-0.3, -0.25) is 0 Å². The highest BCUT2D eigenvalue weighted by Gasteiger charge is 2.04. The molecule has 2 aromatic rings. The summed E-state index contributed by atoms with van der Waals surface area (Å²) in [4.78, 5) is 15.1. The number of carboxylic acids is 1. The molecule has 1 heterocycles. The van der Waals surface area contributed by atoms with Crippen molar-refractivity contribution in [1.82, 2.24) is 10.3 Å². The normalized spacial score (nSPS) is 10.7. The molecule has 0 amide bonds. The van der Waals surface area contributed by atoms with Gasteiger partial charge in [0.15, 0.2) is 5.89 Å². The zero-order valence-electron chi connectivity index (χ0n) is 11.4. The maximum Gasteiger partial charge on any atom is 0.335 e. The van der Waals surface area contributed by atoms with Crippen LogP contribution in [0.2, 0.25) is 0 Å². The molecule has 0 unspecified atom stereocenters. The van der Waals surface area contributed by atoms with Crippen LogP contribution in [-0.4, -0.2) is 16.1 Å². The lowest BCUT2D eigenvalue weighted by molar-refractivity contribution is 0.0696. The van der Waals surface area contributed by atoms with Gasteiger partial charge in [-0.1, -0.05) is 19.1 Å². The van der Waals surface area contributed by atoms with Crippen molar-refractivity contribution in [3.8, 4) is 0 Å². The second-order valence-corrected chi connectivity index (χ2v) is 4.58. The standard InChI is InChI=1S/C15H18N2O3/c1-2-4-14-17-10-13(20-14)9-16-8-11-5-3-6-12(7-11)15(18)19/h3,5-7,10,16H,2,4,8-9H2,1H3,(H,18,19). The molecule has 2 rings (SSSR count). The predicted molar refractivity (Wildman–Crippen MR) is 74.4 cm³/mol. The number of benzene rings is 1. The van der Waals surface area contributed by atoms with Crippen molar-refractivity contribution in [2.24, 2.45) is 0 Å². The van der Waals surface area contributed by atoms with Crippen molar-refractivity contribution in [3.05, 3.63) is 53.2 Å². The average molecular weight is 274 g/mol. The quantitative estimate of drug-likeness (QED) is 0.811. The Kier molecular flexibility index (Phi) is 4.90. The number of aromatic carboxylic acids is 1. The minimum atomic E-state index is -0.911. The lowest BCUT2D eigenvalue weighted by atomic mass is 10.1. The second-order valence-electron chi connectivity index (χ2n) is 4.58. The van der Waals surface area contributed by atoms with Gasteiger partial charge in [-0.15, -0.1) is 0 Å². The molecule has 0 saturated carbocycles. The number of aromatic nitrogens is 1. The highest BCUT2D eigenvalue weighted by molar-refractivity contribution is 5.87. The molecule has 106 valence electrons. The first-order valence-corrected chi connectivity index (χ1v) is 6.65. The topological polar surface area (TPSA) is 75.4 Å². The molecule has 0 spiro atoms. The third kappa shape index (κ3) is 3.93. The maximum atomic E-state index is 10.9. The van der Waals surface area contributed by atoms with Crippen LogP contribution in [0.4, 0.5) is 0 Å². The molecule has 20 heavy (non-hydrogen) atoms. The van der Waals surface area contributed by atoms with E-state index >= 15 is 0 Å². The molecule has 0 aliphatic heterocycles. The molecular weight excluding hydrogens is 256 g/mol. The summed E-state index contributed by atoms with van der Waals surface area (Å²) in [6, 6.07) is 6.88. The highest BCUT2D eigenvalue weighted by atomic mass is 16.4. The molecule has 2 N–H and O–H groups in total. The van der Waals surface area contributed by atoms with Crippen LogP contribution in [0.3, 0.4) is 0 Å². The van der Waals surface area contributed by atoms with Gasteiger partial charge < -0.3 is 14.8 Å². The van der Waals surface area contributed by atoms with Crippen LogP contribution in [0.25, 0.3) is 0 Å². The molecule has 0 fully saturated rings. The number of oxazole rings is 1. The molecule has 0 radical (unpaired) electrons. The predicted octanol–water partition coefficient (Wildman–Crippen LogP) is 2.62. The van der Waals surface area contributed by atoms with Gasteiger partial charge >= 0.3 is 5.97 Å². The zero-order chi connectivity index (χ0) is 14.4. The summed E-state index contributed by atoms with van der Waals surface area (Å²) in [5, 5.41) is 12.1. The smallest absolute Gasteiger partial charge is 0.335 e. The molecule has 0 aliphatic rings. The minimum absolute atomic E-state index is 0.300. The fraction of sp³-hybridized carbons (Fsp3) is 0.333. The van der Waals surface area contributed by atoms with E-state index in [-0.39, 0.29) is 0 Å². The Labute approximate surface area is 117 Å². The lowest BCUT2D eigenvalue weighted by Gasteiger charge is -2.04. The Balaban J connectivity index is 1.85. The highest BCUT2D eigenvalue weighted by Crippen LogP contribution is 2.08. The van der Waals surface area contributed by atoms with Crippen LogP contribution in [0, 0.1) is 0 Å². The van der Waals surface area contributed by atoms with E-state index in [0.29, 0.717) is 18.7 Å². The molecule has 0 atom stereocenters. The Morgan fingerprint density at radius 1 is 1.40 bits per heavy atom. The molecule has 5 heteroatoms. The largest absolute Gasteiger partial charge is 0.478 e. The Morgan fingerprint density at radius 2 is 2.25 bits per heavy atom. The van der Waals surface area contributed by atoms with Crippen LogP contribution in [0.1, 0.15) is 40.9 Å². The third-order valence-electron chi connectivity index (χ3n) is 2.87. The second kappa shape index (κ2) is 6.86. The van der Waals surface area contributed by atoms with Crippen LogP contribution in [-0.2, 0) is 19.5 Å². The van der Waals surface area contributed by atoms with Crippen molar-refractivity contribution in [3.63, 3.8) is 0 Å². The van der Waals surface area contributed by atoms with Crippen LogP contribution >= 0.6 is 0 Å². The molecular formula is C15H18N2O3. The summed E-state index contributed by atoms with van der Waals surface area (Å²) in [6.07, 6.45) is 3.59. The Morgan fingerprint density at radius 3 is 3.00 bits per heavy atom. The minimum Gasteiger partial charge on any atom is -0.478 e. The van der Waals surface area contributed by atoms with Crippen LogP contribution in [0.5, 0.6) is 0 Å². The monoisotopic (exact) mass is 274 g/mol. The average Bonchev–Trinajstić information content (AvgIpc) is 2.87. The molecule has 5 nitrogen and oxygen atoms in total. The number of nitrogens with zero attached hydrogens (tertiary/aromatic N) is 1. The van der Waals surface area contributed by atoms with E-state index in [4.69, 9.17) is 9.52 Å². The number of nitrogens with one attached hydrogen (secondary N) is 1. The van der Waals surface area contributed by atoms with Gasteiger partial charge in [0.05, 0.1) is 18.3 Å². The van der Waals surface area contributed by atoms with Crippen LogP contribution < -0.4 is 5.32 Å². The first kappa shape index (κ1) is 14.3. The maximum absolute atomic E-state index is 10.9. The number of carbonyl (C=O) groups is 1.